The third kappa shape index (κ3) is 6.17. The lowest BCUT2D eigenvalue weighted by molar-refractivity contribution is -0.140. The van der Waals surface area contributed by atoms with E-state index in [2.05, 4.69) is 27.8 Å². The summed E-state index contributed by atoms with van der Waals surface area (Å²) in [6.45, 7) is 7.12. The van der Waals surface area contributed by atoms with Crippen LogP contribution in [0.4, 0.5) is 0 Å². The Morgan fingerprint density at radius 1 is 1.08 bits per heavy atom. The quantitative estimate of drug-likeness (QED) is 0.196. The number of carbonyl (C=O) groups is 2. The van der Waals surface area contributed by atoms with Gasteiger partial charge in [0.15, 0.2) is 0 Å². The van der Waals surface area contributed by atoms with Crippen molar-refractivity contribution in [2.45, 2.75) is 32.2 Å². The van der Waals surface area contributed by atoms with Crippen molar-refractivity contribution in [2.75, 3.05) is 46.0 Å². The summed E-state index contributed by atoms with van der Waals surface area (Å²) >= 11 is 3.50. The van der Waals surface area contributed by atoms with Gasteiger partial charge in [0.25, 0.3) is 11.7 Å². The molecular formula is C28H33BrN2O5. The van der Waals surface area contributed by atoms with Crippen molar-refractivity contribution < 1.29 is 24.2 Å². The summed E-state index contributed by atoms with van der Waals surface area (Å²) in [6.07, 6.45) is 2.73. The van der Waals surface area contributed by atoms with E-state index in [0.29, 0.717) is 37.7 Å². The SMILES string of the molecule is CCCCOc1ccc(/C(O)=C2\C(=O)C(=O)N(CCCN3CCOCC3)C2c2cccc(Br)c2)cc1. The van der Waals surface area contributed by atoms with Crippen LogP contribution in [-0.2, 0) is 14.3 Å². The molecule has 2 aliphatic heterocycles. The maximum atomic E-state index is 13.2. The number of ketones is 1. The van der Waals surface area contributed by atoms with Crippen molar-refractivity contribution in [2.24, 2.45) is 0 Å². The molecule has 192 valence electrons. The van der Waals surface area contributed by atoms with Crippen molar-refractivity contribution >= 4 is 33.4 Å². The molecule has 2 aliphatic rings. The molecule has 0 bridgehead atoms. The summed E-state index contributed by atoms with van der Waals surface area (Å²) in [7, 11) is 0. The summed E-state index contributed by atoms with van der Waals surface area (Å²) in [6, 6.07) is 13.9. The number of rotatable bonds is 10. The molecule has 1 N–H and O–H groups in total. The first-order valence-corrected chi connectivity index (χ1v) is 13.4. The van der Waals surface area contributed by atoms with E-state index in [1.165, 1.54) is 0 Å². The molecule has 0 aliphatic carbocycles. The predicted molar refractivity (Wildman–Crippen MR) is 142 cm³/mol. The van der Waals surface area contributed by atoms with Crippen molar-refractivity contribution in [1.29, 1.82) is 0 Å². The number of carbonyl (C=O) groups excluding carboxylic acids is 2. The molecule has 2 aromatic rings. The number of morpholine rings is 1. The van der Waals surface area contributed by atoms with Gasteiger partial charge in [-0.1, -0.05) is 41.4 Å². The van der Waals surface area contributed by atoms with Crippen LogP contribution in [-0.4, -0.2) is 72.6 Å². The summed E-state index contributed by atoms with van der Waals surface area (Å²) in [5.74, 6) is -0.712. The van der Waals surface area contributed by atoms with Gasteiger partial charge >= 0.3 is 0 Å². The van der Waals surface area contributed by atoms with E-state index in [1.807, 2.05) is 24.3 Å². The van der Waals surface area contributed by atoms with Crippen LogP contribution in [0.3, 0.4) is 0 Å². The van der Waals surface area contributed by atoms with Gasteiger partial charge in [0.2, 0.25) is 0 Å². The Morgan fingerprint density at radius 3 is 2.53 bits per heavy atom. The van der Waals surface area contributed by atoms with Gasteiger partial charge in [0, 0.05) is 36.2 Å². The maximum absolute atomic E-state index is 13.2. The zero-order chi connectivity index (χ0) is 25.5. The first-order valence-electron chi connectivity index (χ1n) is 12.6. The van der Waals surface area contributed by atoms with Crippen LogP contribution >= 0.6 is 15.9 Å². The fraction of sp³-hybridized carbons (Fsp3) is 0.429. The van der Waals surface area contributed by atoms with Gasteiger partial charge in [-0.15, -0.1) is 0 Å². The number of halogens is 1. The molecule has 0 radical (unpaired) electrons. The number of ether oxygens (including phenoxy) is 2. The second kappa shape index (κ2) is 12.5. The highest BCUT2D eigenvalue weighted by molar-refractivity contribution is 9.10. The van der Waals surface area contributed by atoms with E-state index in [0.717, 1.165) is 48.9 Å². The van der Waals surface area contributed by atoms with Crippen LogP contribution in [0.2, 0.25) is 0 Å². The van der Waals surface area contributed by atoms with Gasteiger partial charge in [-0.2, -0.15) is 0 Å². The van der Waals surface area contributed by atoms with Crippen molar-refractivity contribution in [1.82, 2.24) is 9.80 Å². The minimum Gasteiger partial charge on any atom is -0.507 e. The first kappa shape index (κ1) is 26.4. The predicted octanol–water partition coefficient (Wildman–Crippen LogP) is 4.77. The summed E-state index contributed by atoms with van der Waals surface area (Å²) < 4.78 is 12.0. The first-order chi connectivity index (χ1) is 17.5. The molecule has 0 spiro atoms. The Bertz CT molecular complexity index is 1100. The Balaban J connectivity index is 1.61. The van der Waals surface area contributed by atoms with Crippen molar-refractivity contribution in [3.63, 3.8) is 0 Å². The van der Waals surface area contributed by atoms with E-state index in [4.69, 9.17) is 9.47 Å². The summed E-state index contributed by atoms with van der Waals surface area (Å²) in [5.41, 5.74) is 1.37. The lowest BCUT2D eigenvalue weighted by Gasteiger charge is -2.29. The number of unbranched alkanes of at least 4 members (excludes halogenated alkanes) is 1. The Kier molecular flexibility index (Phi) is 9.18. The smallest absolute Gasteiger partial charge is 0.295 e. The fourth-order valence-electron chi connectivity index (χ4n) is 4.62. The Labute approximate surface area is 220 Å². The minimum atomic E-state index is -0.660. The average molecular weight is 557 g/mol. The molecule has 2 aromatic carbocycles. The minimum absolute atomic E-state index is 0.115. The van der Waals surface area contributed by atoms with Crippen molar-refractivity contribution in [3.05, 3.63) is 69.7 Å². The highest BCUT2D eigenvalue weighted by Gasteiger charge is 2.45. The Morgan fingerprint density at radius 2 is 1.83 bits per heavy atom. The van der Waals surface area contributed by atoms with Crippen LogP contribution in [0.25, 0.3) is 5.76 Å². The molecule has 2 fully saturated rings. The van der Waals surface area contributed by atoms with E-state index in [-0.39, 0.29) is 11.3 Å². The molecule has 2 heterocycles. The topological polar surface area (TPSA) is 79.3 Å². The van der Waals surface area contributed by atoms with Gasteiger partial charge in [0.1, 0.15) is 11.5 Å². The fourth-order valence-corrected chi connectivity index (χ4v) is 5.04. The molecule has 7 nitrogen and oxygen atoms in total. The number of Topliss-reactive ketones (excluding diaryl/α,β-unsaturated/α-hetero) is 1. The van der Waals surface area contributed by atoms with E-state index in [9.17, 15) is 14.7 Å². The van der Waals surface area contributed by atoms with E-state index < -0.39 is 17.7 Å². The number of amides is 1. The van der Waals surface area contributed by atoms with Gasteiger partial charge < -0.3 is 19.5 Å². The zero-order valence-electron chi connectivity index (χ0n) is 20.6. The van der Waals surface area contributed by atoms with Gasteiger partial charge in [-0.3, -0.25) is 14.5 Å². The molecule has 36 heavy (non-hydrogen) atoms. The van der Waals surface area contributed by atoms with Crippen molar-refractivity contribution in [3.8, 4) is 5.75 Å². The number of hydrogen-bond donors (Lipinski definition) is 1. The lowest BCUT2D eigenvalue weighted by atomic mass is 9.95. The van der Waals surface area contributed by atoms with E-state index in [1.54, 1.807) is 29.2 Å². The number of nitrogens with zero attached hydrogens (tertiary/aromatic N) is 2. The lowest BCUT2D eigenvalue weighted by Crippen LogP contribution is -2.38. The summed E-state index contributed by atoms with van der Waals surface area (Å²) in [4.78, 5) is 30.3. The molecule has 1 unspecified atom stereocenters. The monoisotopic (exact) mass is 556 g/mol. The molecule has 0 aromatic heterocycles. The van der Waals surface area contributed by atoms with E-state index >= 15 is 0 Å². The number of aliphatic hydroxyl groups excluding tert-OH is 1. The van der Waals surface area contributed by atoms with Gasteiger partial charge in [-0.05, 0) is 54.8 Å². The molecular weight excluding hydrogens is 524 g/mol. The van der Waals surface area contributed by atoms with Crippen LogP contribution in [0, 0.1) is 0 Å². The standard InChI is InChI=1S/C28H33BrN2O5/c1-2-3-16-36-23-10-8-20(9-11-23)26(32)24-25(21-6-4-7-22(29)19-21)31(28(34)27(24)33)13-5-12-30-14-17-35-18-15-30/h4,6-11,19,25,32H,2-3,5,12-18H2,1H3/b26-24+. The largest absolute Gasteiger partial charge is 0.507 e. The second-order valence-electron chi connectivity index (χ2n) is 9.08. The maximum Gasteiger partial charge on any atom is 0.295 e. The average Bonchev–Trinajstić information content (AvgIpc) is 3.14. The number of likely N-dealkylation sites (tertiary alicyclic amines) is 1. The van der Waals surface area contributed by atoms with Crippen LogP contribution in [0.15, 0.2) is 58.6 Å². The Hall–Kier alpha value is -2.68. The van der Waals surface area contributed by atoms with Gasteiger partial charge in [0.05, 0.1) is 31.4 Å². The molecule has 1 atom stereocenters. The van der Waals surface area contributed by atoms with Crippen LogP contribution < -0.4 is 4.74 Å². The zero-order valence-corrected chi connectivity index (χ0v) is 22.2. The molecule has 8 heteroatoms. The molecule has 4 rings (SSSR count). The number of benzene rings is 2. The third-order valence-corrected chi connectivity index (χ3v) is 7.07. The number of aliphatic hydroxyl groups is 1. The normalized spacial score (nSPS) is 20.2. The molecule has 1 amide bonds. The summed E-state index contributed by atoms with van der Waals surface area (Å²) in [5, 5.41) is 11.3. The highest BCUT2D eigenvalue weighted by Crippen LogP contribution is 2.40. The van der Waals surface area contributed by atoms with Crippen LogP contribution in [0.1, 0.15) is 43.4 Å². The van der Waals surface area contributed by atoms with Gasteiger partial charge in [-0.25, -0.2) is 0 Å². The highest BCUT2D eigenvalue weighted by atomic mass is 79.9. The second-order valence-corrected chi connectivity index (χ2v) is 10.00. The van der Waals surface area contributed by atoms with Crippen LogP contribution in [0.5, 0.6) is 5.75 Å². The molecule has 2 saturated heterocycles. The molecule has 0 saturated carbocycles. The third-order valence-electron chi connectivity index (χ3n) is 6.58. The number of hydrogen-bond acceptors (Lipinski definition) is 6.